The molecule has 3 aromatic carbocycles. The van der Waals surface area contributed by atoms with Crippen molar-refractivity contribution in [1.29, 1.82) is 0 Å². The van der Waals surface area contributed by atoms with Crippen LogP contribution in [0.3, 0.4) is 0 Å². The van der Waals surface area contributed by atoms with Crippen molar-refractivity contribution in [2.24, 2.45) is 5.92 Å². The quantitative estimate of drug-likeness (QED) is 0.305. The van der Waals surface area contributed by atoms with E-state index in [9.17, 15) is 4.79 Å². The van der Waals surface area contributed by atoms with Crippen molar-refractivity contribution in [2.75, 3.05) is 13.1 Å². The number of hydrogen-bond acceptors (Lipinski definition) is 3. The van der Waals surface area contributed by atoms with Crippen molar-refractivity contribution in [3.05, 3.63) is 99.2 Å². The molecule has 0 unspecified atom stereocenters. The summed E-state index contributed by atoms with van der Waals surface area (Å²) in [5.41, 5.74) is 4.46. The molecule has 1 aliphatic rings. The summed E-state index contributed by atoms with van der Waals surface area (Å²) in [6, 6.07) is 24.4. The highest BCUT2D eigenvalue weighted by Crippen LogP contribution is 2.23. The highest BCUT2D eigenvalue weighted by atomic mass is 79.9. The van der Waals surface area contributed by atoms with Crippen LogP contribution in [0.2, 0.25) is 5.02 Å². The molecular formula is C28H28BrClN4O. The number of halogens is 2. The Balaban J connectivity index is 1.21. The summed E-state index contributed by atoms with van der Waals surface area (Å²) in [5.74, 6) is 1.27. The van der Waals surface area contributed by atoms with Gasteiger partial charge < -0.3 is 9.88 Å². The number of nitrogens with zero attached hydrogens (tertiary/aromatic N) is 3. The van der Waals surface area contributed by atoms with E-state index >= 15 is 0 Å². The van der Waals surface area contributed by atoms with Gasteiger partial charge in [0.25, 0.3) is 0 Å². The van der Waals surface area contributed by atoms with Crippen molar-refractivity contribution >= 4 is 44.5 Å². The summed E-state index contributed by atoms with van der Waals surface area (Å²) in [6.45, 7) is 3.87. The van der Waals surface area contributed by atoms with E-state index in [0.717, 1.165) is 70.9 Å². The number of para-hydroxylation sites is 2. The lowest BCUT2D eigenvalue weighted by molar-refractivity contribution is -0.126. The second-order valence-corrected chi connectivity index (χ2v) is 10.5. The van der Waals surface area contributed by atoms with Crippen molar-refractivity contribution in [1.82, 2.24) is 19.8 Å². The van der Waals surface area contributed by atoms with Crippen molar-refractivity contribution in [2.45, 2.75) is 32.5 Å². The van der Waals surface area contributed by atoms with E-state index in [0.29, 0.717) is 6.54 Å². The lowest BCUT2D eigenvalue weighted by Gasteiger charge is -2.31. The van der Waals surface area contributed by atoms with Gasteiger partial charge in [-0.05, 0) is 73.5 Å². The summed E-state index contributed by atoms with van der Waals surface area (Å²) >= 11 is 9.53. The first-order valence-electron chi connectivity index (χ1n) is 12.0. The Morgan fingerprint density at radius 2 is 1.63 bits per heavy atom. The summed E-state index contributed by atoms with van der Waals surface area (Å²) in [7, 11) is 0. The molecule has 5 rings (SSSR count). The molecule has 0 radical (unpaired) electrons. The number of carbonyl (C=O) groups is 1. The normalized spacial score (nSPS) is 14.9. The van der Waals surface area contributed by atoms with Crippen LogP contribution in [0.25, 0.3) is 11.0 Å². The van der Waals surface area contributed by atoms with Gasteiger partial charge in [-0.25, -0.2) is 4.98 Å². The Bertz CT molecular complexity index is 1300. The molecule has 1 amide bonds. The van der Waals surface area contributed by atoms with Crippen molar-refractivity contribution in [3.63, 3.8) is 0 Å². The molecule has 0 bridgehead atoms. The fourth-order valence-electron chi connectivity index (χ4n) is 4.68. The van der Waals surface area contributed by atoms with Crippen LogP contribution in [-0.2, 0) is 24.4 Å². The van der Waals surface area contributed by atoms with E-state index in [1.165, 1.54) is 5.56 Å². The van der Waals surface area contributed by atoms with E-state index in [1.54, 1.807) is 0 Å². The number of imidazole rings is 1. The molecule has 5 nitrogen and oxygen atoms in total. The molecule has 7 heteroatoms. The second kappa shape index (κ2) is 10.9. The van der Waals surface area contributed by atoms with Gasteiger partial charge in [0.2, 0.25) is 5.91 Å². The molecule has 1 aliphatic heterocycles. The van der Waals surface area contributed by atoms with E-state index in [2.05, 4.69) is 61.0 Å². The predicted octanol–water partition coefficient (Wildman–Crippen LogP) is 6.03. The SMILES string of the molecule is O=C(NCc1ccc(Br)cc1)C1CCN(Cc2nc3ccccc3n2Cc2ccc(Cl)cc2)CC1. The molecule has 1 N–H and O–H groups in total. The second-order valence-electron chi connectivity index (χ2n) is 9.12. The topological polar surface area (TPSA) is 50.2 Å². The first kappa shape index (κ1) is 24.0. The smallest absolute Gasteiger partial charge is 0.223 e. The zero-order chi connectivity index (χ0) is 24.2. The van der Waals surface area contributed by atoms with Gasteiger partial charge >= 0.3 is 0 Å². The Morgan fingerprint density at radius 3 is 2.37 bits per heavy atom. The number of fused-ring (bicyclic) bond motifs is 1. The summed E-state index contributed by atoms with van der Waals surface area (Å²) in [6.07, 6.45) is 1.73. The zero-order valence-corrected chi connectivity index (χ0v) is 21.8. The summed E-state index contributed by atoms with van der Waals surface area (Å²) in [5, 5.41) is 3.86. The molecular weight excluding hydrogens is 524 g/mol. The zero-order valence-electron chi connectivity index (χ0n) is 19.5. The van der Waals surface area contributed by atoms with Crippen LogP contribution >= 0.6 is 27.5 Å². The molecule has 0 saturated carbocycles. The van der Waals surface area contributed by atoms with E-state index in [4.69, 9.17) is 16.6 Å². The average molecular weight is 552 g/mol. The molecule has 0 atom stereocenters. The lowest BCUT2D eigenvalue weighted by Crippen LogP contribution is -2.40. The van der Waals surface area contributed by atoms with Gasteiger partial charge in [-0.3, -0.25) is 9.69 Å². The Morgan fingerprint density at radius 1 is 0.943 bits per heavy atom. The third-order valence-electron chi connectivity index (χ3n) is 6.69. The van der Waals surface area contributed by atoms with Crippen LogP contribution in [0.5, 0.6) is 0 Å². The Hall–Kier alpha value is -2.67. The average Bonchev–Trinajstić information content (AvgIpc) is 3.22. The van der Waals surface area contributed by atoms with Gasteiger partial charge in [-0.2, -0.15) is 0 Å². The van der Waals surface area contributed by atoms with Crippen LogP contribution in [0, 0.1) is 5.92 Å². The summed E-state index contributed by atoms with van der Waals surface area (Å²) in [4.78, 5) is 20.1. The van der Waals surface area contributed by atoms with Gasteiger partial charge in [-0.1, -0.05) is 63.9 Å². The van der Waals surface area contributed by atoms with Gasteiger partial charge in [0, 0.05) is 28.5 Å². The lowest BCUT2D eigenvalue weighted by atomic mass is 9.96. The van der Waals surface area contributed by atoms with E-state index < -0.39 is 0 Å². The molecule has 2 heterocycles. The number of carbonyl (C=O) groups excluding carboxylic acids is 1. The maximum Gasteiger partial charge on any atom is 0.223 e. The molecule has 4 aromatic rings. The van der Waals surface area contributed by atoms with Gasteiger partial charge in [-0.15, -0.1) is 0 Å². The molecule has 1 fully saturated rings. The number of benzene rings is 3. The maximum absolute atomic E-state index is 12.7. The highest BCUT2D eigenvalue weighted by molar-refractivity contribution is 9.10. The Kier molecular flexibility index (Phi) is 7.51. The van der Waals surface area contributed by atoms with Crippen molar-refractivity contribution in [3.8, 4) is 0 Å². The fraction of sp³-hybridized carbons (Fsp3) is 0.286. The number of nitrogens with one attached hydrogen (secondary N) is 1. The molecule has 35 heavy (non-hydrogen) atoms. The minimum atomic E-state index is 0.0644. The fourth-order valence-corrected chi connectivity index (χ4v) is 5.07. The van der Waals surface area contributed by atoms with Crippen LogP contribution in [-0.4, -0.2) is 33.4 Å². The standard InChI is InChI=1S/C28H28BrClN4O/c29-23-9-5-20(6-10-23)17-31-28(35)22-13-15-33(16-14-22)19-27-32-25-3-1-2-4-26(25)34(27)18-21-7-11-24(30)12-8-21/h1-12,22H,13-19H2,(H,31,35). The number of amides is 1. The minimum Gasteiger partial charge on any atom is -0.352 e. The number of rotatable bonds is 7. The van der Waals surface area contributed by atoms with Gasteiger partial charge in [0.05, 0.1) is 17.6 Å². The largest absolute Gasteiger partial charge is 0.352 e. The van der Waals surface area contributed by atoms with Crippen LogP contribution in [0.1, 0.15) is 29.8 Å². The first-order valence-corrected chi connectivity index (χ1v) is 13.2. The molecule has 1 saturated heterocycles. The van der Waals surface area contributed by atoms with Gasteiger partial charge in [0.1, 0.15) is 5.82 Å². The minimum absolute atomic E-state index is 0.0644. The summed E-state index contributed by atoms with van der Waals surface area (Å²) < 4.78 is 3.34. The molecule has 1 aromatic heterocycles. The van der Waals surface area contributed by atoms with Crippen LogP contribution in [0.4, 0.5) is 0 Å². The number of likely N-dealkylation sites (tertiary alicyclic amines) is 1. The predicted molar refractivity (Wildman–Crippen MR) is 144 cm³/mol. The molecule has 0 aliphatic carbocycles. The van der Waals surface area contributed by atoms with Crippen molar-refractivity contribution < 1.29 is 4.79 Å². The number of aromatic nitrogens is 2. The first-order chi connectivity index (χ1) is 17.0. The number of hydrogen-bond donors (Lipinski definition) is 1. The maximum atomic E-state index is 12.7. The third kappa shape index (κ3) is 5.95. The molecule has 180 valence electrons. The van der Waals surface area contributed by atoms with E-state index in [-0.39, 0.29) is 11.8 Å². The molecule has 0 spiro atoms. The van der Waals surface area contributed by atoms with E-state index in [1.807, 2.05) is 42.5 Å². The highest BCUT2D eigenvalue weighted by Gasteiger charge is 2.26. The number of piperidine rings is 1. The van der Waals surface area contributed by atoms with Crippen LogP contribution < -0.4 is 5.32 Å². The van der Waals surface area contributed by atoms with Crippen LogP contribution in [0.15, 0.2) is 77.3 Å². The Labute approximate surface area is 219 Å². The third-order valence-corrected chi connectivity index (χ3v) is 7.47. The monoisotopic (exact) mass is 550 g/mol. The van der Waals surface area contributed by atoms with Gasteiger partial charge in [0.15, 0.2) is 0 Å².